The van der Waals surface area contributed by atoms with E-state index in [-0.39, 0.29) is 6.10 Å². The van der Waals surface area contributed by atoms with Crippen LogP contribution < -0.4 is 4.74 Å². The lowest BCUT2D eigenvalue weighted by Gasteiger charge is -2.37. The molecule has 3 nitrogen and oxygen atoms in total. The number of benzene rings is 1. The van der Waals surface area contributed by atoms with Gasteiger partial charge in [0, 0.05) is 28.9 Å². The van der Waals surface area contributed by atoms with E-state index in [2.05, 4.69) is 49.7 Å². The standard InChI is InChI=1S/C14H19Br2NO2/c1-10-9-19-13(6-15)8-17(10)7-11-5-12(18-2)3-4-14(11)16/h3-5,10,13H,6-9H2,1-2H3. The van der Waals surface area contributed by atoms with Crippen LogP contribution in [0.25, 0.3) is 0 Å². The number of rotatable bonds is 4. The normalized spacial score (nSPS) is 24.4. The lowest BCUT2D eigenvalue weighted by Crippen LogP contribution is -2.48. The van der Waals surface area contributed by atoms with Crippen molar-refractivity contribution in [2.24, 2.45) is 0 Å². The largest absolute Gasteiger partial charge is 0.497 e. The van der Waals surface area contributed by atoms with Crippen molar-refractivity contribution >= 4 is 31.9 Å². The third kappa shape index (κ3) is 3.94. The number of methoxy groups -OCH3 is 1. The highest BCUT2D eigenvalue weighted by Crippen LogP contribution is 2.25. The zero-order chi connectivity index (χ0) is 13.8. The van der Waals surface area contributed by atoms with E-state index in [0.29, 0.717) is 6.04 Å². The van der Waals surface area contributed by atoms with Gasteiger partial charge in [-0.05, 0) is 30.7 Å². The van der Waals surface area contributed by atoms with Crippen molar-refractivity contribution < 1.29 is 9.47 Å². The maximum Gasteiger partial charge on any atom is 0.119 e. The van der Waals surface area contributed by atoms with Crippen molar-refractivity contribution in [3.63, 3.8) is 0 Å². The van der Waals surface area contributed by atoms with Gasteiger partial charge in [0.15, 0.2) is 0 Å². The van der Waals surface area contributed by atoms with E-state index in [1.807, 2.05) is 12.1 Å². The van der Waals surface area contributed by atoms with Gasteiger partial charge in [0.2, 0.25) is 0 Å². The minimum absolute atomic E-state index is 0.278. The Kier molecular flexibility index (Phi) is 5.69. The minimum Gasteiger partial charge on any atom is -0.497 e. The van der Waals surface area contributed by atoms with Crippen molar-refractivity contribution in [1.29, 1.82) is 0 Å². The van der Waals surface area contributed by atoms with Crippen LogP contribution in [0.5, 0.6) is 5.75 Å². The second-order valence-corrected chi connectivity index (χ2v) is 6.35. The molecule has 106 valence electrons. The molecule has 0 N–H and O–H groups in total. The van der Waals surface area contributed by atoms with E-state index in [1.165, 1.54) is 5.56 Å². The summed E-state index contributed by atoms with van der Waals surface area (Å²) in [5.74, 6) is 0.899. The van der Waals surface area contributed by atoms with Crippen LogP contribution >= 0.6 is 31.9 Å². The molecule has 0 radical (unpaired) electrons. The summed E-state index contributed by atoms with van der Waals surface area (Å²) in [6.45, 7) is 4.86. The van der Waals surface area contributed by atoms with Crippen molar-refractivity contribution in [3.05, 3.63) is 28.2 Å². The van der Waals surface area contributed by atoms with Crippen LogP contribution in [-0.2, 0) is 11.3 Å². The number of morpholine rings is 1. The second-order valence-electron chi connectivity index (χ2n) is 4.85. The first-order valence-electron chi connectivity index (χ1n) is 6.38. The van der Waals surface area contributed by atoms with Crippen LogP contribution in [0.1, 0.15) is 12.5 Å². The third-order valence-corrected chi connectivity index (χ3v) is 4.93. The molecule has 5 heteroatoms. The van der Waals surface area contributed by atoms with Crippen molar-refractivity contribution in [2.75, 3.05) is 25.6 Å². The first kappa shape index (κ1) is 15.3. The molecule has 1 aromatic rings. The Morgan fingerprint density at radius 1 is 1.47 bits per heavy atom. The molecule has 0 aromatic heterocycles. The van der Waals surface area contributed by atoms with E-state index in [9.17, 15) is 0 Å². The third-order valence-electron chi connectivity index (χ3n) is 3.43. The van der Waals surface area contributed by atoms with Gasteiger partial charge < -0.3 is 9.47 Å². The van der Waals surface area contributed by atoms with Gasteiger partial charge in [-0.15, -0.1) is 0 Å². The lowest BCUT2D eigenvalue weighted by molar-refractivity contribution is -0.0500. The molecular formula is C14H19Br2NO2. The maximum absolute atomic E-state index is 5.76. The van der Waals surface area contributed by atoms with Crippen LogP contribution in [0, 0.1) is 0 Å². The summed E-state index contributed by atoms with van der Waals surface area (Å²) < 4.78 is 12.2. The van der Waals surface area contributed by atoms with Crippen LogP contribution in [0.2, 0.25) is 0 Å². The molecule has 2 rings (SSSR count). The smallest absolute Gasteiger partial charge is 0.119 e. The summed E-state index contributed by atoms with van der Waals surface area (Å²) >= 11 is 7.12. The SMILES string of the molecule is COc1ccc(Br)c(CN2CC(CBr)OCC2C)c1. The Morgan fingerprint density at radius 3 is 2.95 bits per heavy atom. The second kappa shape index (κ2) is 7.07. The fourth-order valence-corrected chi connectivity index (χ4v) is 2.97. The molecule has 0 aliphatic carbocycles. The van der Waals surface area contributed by atoms with Gasteiger partial charge in [-0.2, -0.15) is 0 Å². The summed E-state index contributed by atoms with van der Waals surface area (Å²) in [7, 11) is 1.70. The van der Waals surface area contributed by atoms with Gasteiger partial charge >= 0.3 is 0 Å². The van der Waals surface area contributed by atoms with Gasteiger partial charge in [0.05, 0.1) is 19.8 Å². The predicted molar refractivity (Wildman–Crippen MR) is 84.1 cm³/mol. The van der Waals surface area contributed by atoms with Crippen molar-refractivity contribution in [3.8, 4) is 5.75 Å². The highest BCUT2D eigenvalue weighted by Gasteiger charge is 2.25. The molecule has 1 fully saturated rings. The predicted octanol–water partition coefficient (Wildman–Crippen LogP) is 3.44. The summed E-state index contributed by atoms with van der Waals surface area (Å²) in [5.41, 5.74) is 1.25. The Hall–Kier alpha value is -0.100. The molecule has 0 saturated carbocycles. The van der Waals surface area contributed by atoms with Gasteiger partial charge in [-0.1, -0.05) is 31.9 Å². The van der Waals surface area contributed by atoms with Gasteiger partial charge in [0.25, 0.3) is 0 Å². The maximum atomic E-state index is 5.76. The van der Waals surface area contributed by atoms with Crippen LogP contribution in [0.3, 0.4) is 0 Å². The van der Waals surface area contributed by atoms with Crippen LogP contribution in [-0.4, -0.2) is 42.6 Å². The monoisotopic (exact) mass is 391 g/mol. The number of nitrogens with zero attached hydrogens (tertiary/aromatic N) is 1. The molecule has 1 heterocycles. The van der Waals surface area contributed by atoms with E-state index in [0.717, 1.165) is 35.2 Å². The van der Waals surface area contributed by atoms with Crippen LogP contribution in [0.15, 0.2) is 22.7 Å². The van der Waals surface area contributed by atoms with Gasteiger partial charge in [-0.3, -0.25) is 4.90 Å². The van der Waals surface area contributed by atoms with E-state index >= 15 is 0 Å². The molecular weight excluding hydrogens is 374 g/mol. The Labute approximate surface area is 131 Å². The molecule has 2 atom stereocenters. The number of alkyl halides is 1. The molecule has 1 aromatic carbocycles. The molecule has 19 heavy (non-hydrogen) atoms. The summed E-state index contributed by atoms with van der Waals surface area (Å²) in [4.78, 5) is 2.45. The van der Waals surface area contributed by atoms with Crippen LogP contribution in [0.4, 0.5) is 0 Å². The molecule has 0 bridgehead atoms. The first-order valence-corrected chi connectivity index (χ1v) is 8.29. The number of hydrogen-bond acceptors (Lipinski definition) is 3. The zero-order valence-corrected chi connectivity index (χ0v) is 14.4. The Balaban J connectivity index is 2.10. The summed E-state index contributed by atoms with van der Waals surface area (Å²) in [5, 5.41) is 0.884. The van der Waals surface area contributed by atoms with Crippen molar-refractivity contribution in [2.45, 2.75) is 25.6 Å². The molecule has 1 aliphatic rings. The van der Waals surface area contributed by atoms with Crippen molar-refractivity contribution in [1.82, 2.24) is 4.90 Å². The highest BCUT2D eigenvalue weighted by atomic mass is 79.9. The molecule has 0 amide bonds. The lowest BCUT2D eigenvalue weighted by atomic mass is 10.1. The van der Waals surface area contributed by atoms with E-state index in [1.54, 1.807) is 7.11 Å². The topological polar surface area (TPSA) is 21.7 Å². The zero-order valence-electron chi connectivity index (χ0n) is 11.2. The number of hydrogen-bond donors (Lipinski definition) is 0. The van der Waals surface area contributed by atoms with Gasteiger partial charge in [0.1, 0.15) is 5.75 Å². The number of ether oxygens (including phenoxy) is 2. The Morgan fingerprint density at radius 2 is 2.26 bits per heavy atom. The molecule has 2 unspecified atom stereocenters. The molecule has 1 saturated heterocycles. The average molecular weight is 393 g/mol. The van der Waals surface area contributed by atoms with E-state index in [4.69, 9.17) is 9.47 Å². The highest BCUT2D eigenvalue weighted by molar-refractivity contribution is 9.10. The number of halogens is 2. The fourth-order valence-electron chi connectivity index (χ4n) is 2.21. The molecule has 1 aliphatic heterocycles. The van der Waals surface area contributed by atoms with Gasteiger partial charge in [-0.25, -0.2) is 0 Å². The van der Waals surface area contributed by atoms with E-state index < -0.39 is 0 Å². The summed E-state index contributed by atoms with van der Waals surface area (Å²) in [6, 6.07) is 6.54. The fraction of sp³-hybridized carbons (Fsp3) is 0.571. The quantitative estimate of drug-likeness (QED) is 0.732. The average Bonchev–Trinajstić information content (AvgIpc) is 2.43. The Bertz CT molecular complexity index is 428. The molecule has 0 spiro atoms. The first-order chi connectivity index (χ1) is 9.13. The minimum atomic E-state index is 0.278. The summed E-state index contributed by atoms with van der Waals surface area (Å²) in [6.07, 6.45) is 0.278.